The minimum atomic E-state index is -0.481. The third-order valence-corrected chi connectivity index (χ3v) is 5.74. The standard InChI is InChI=1S/C22H22ClFN4O2/c1-2-20-25-18-5-3-4-6-19(18)28(20)14-21(29)26-9-11-27(12-10-26)22(30)16-8-7-15(24)13-17(16)23/h3-8,13H,2,9-12,14H2,1H3. The van der Waals surface area contributed by atoms with E-state index in [0.717, 1.165) is 29.3 Å². The zero-order chi connectivity index (χ0) is 21.3. The van der Waals surface area contributed by atoms with Crippen LogP contribution in [-0.4, -0.2) is 57.3 Å². The molecule has 2 aromatic carbocycles. The Labute approximate surface area is 178 Å². The topological polar surface area (TPSA) is 58.4 Å². The number of amides is 2. The highest BCUT2D eigenvalue weighted by atomic mass is 35.5. The Morgan fingerprint density at radius 2 is 1.77 bits per heavy atom. The second-order valence-corrected chi connectivity index (χ2v) is 7.66. The number of rotatable bonds is 4. The maximum Gasteiger partial charge on any atom is 0.255 e. The first kappa shape index (κ1) is 20.3. The maximum absolute atomic E-state index is 13.2. The Hall–Kier alpha value is -2.93. The third kappa shape index (κ3) is 3.89. The van der Waals surface area contributed by atoms with Gasteiger partial charge in [-0.25, -0.2) is 9.37 Å². The maximum atomic E-state index is 13.2. The summed E-state index contributed by atoms with van der Waals surface area (Å²) in [6.45, 7) is 3.94. The van der Waals surface area contributed by atoms with E-state index in [4.69, 9.17) is 11.6 Å². The minimum absolute atomic E-state index is 0.000216. The van der Waals surface area contributed by atoms with Crippen LogP contribution in [0.5, 0.6) is 0 Å². The van der Waals surface area contributed by atoms with Crippen LogP contribution in [0.3, 0.4) is 0 Å². The van der Waals surface area contributed by atoms with Crippen molar-refractivity contribution in [2.45, 2.75) is 19.9 Å². The zero-order valence-corrected chi connectivity index (χ0v) is 17.4. The zero-order valence-electron chi connectivity index (χ0n) is 16.6. The van der Waals surface area contributed by atoms with Crippen LogP contribution in [0.2, 0.25) is 5.02 Å². The molecular weight excluding hydrogens is 407 g/mol. The number of para-hydroxylation sites is 2. The molecular formula is C22H22ClFN4O2. The molecule has 156 valence electrons. The summed E-state index contributed by atoms with van der Waals surface area (Å²) >= 11 is 6.02. The normalized spacial score (nSPS) is 14.4. The fourth-order valence-electron chi connectivity index (χ4n) is 3.80. The Kier molecular flexibility index (Phi) is 5.72. The molecule has 2 heterocycles. The largest absolute Gasteiger partial charge is 0.338 e. The lowest BCUT2D eigenvalue weighted by Gasteiger charge is -2.35. The van der Waals surface area contributed by atoms with Crippen molar-refractivity contribution in [2.24, 2.45) is 0 Å². The predicted octanol–water partition coefficient (Wildman–Crippen LogP) is 3.38. The number of aryl methyl sites for hydroxylation is 1. The fraction of sp³-hybridized carbons (Fsp3) is 0.318. The number of benzene rings is 2. The highest BCUT2D eigenvalue weighted by molar-refractivity contribution is 6.33. The fourth-order valence-corrected chi connectivity index (χ4v) is 4.05. The number of piperazine rings is 1. The van der Waals surface area contributed by atoms with Gasteiger partial charge in [-0.3, -0.25) is 9.59 Å². The molecule has 0 atom stereocenters. The molecule has 1 saturated heterocycles. The summed E-state index contributed by atoms with van der Waals surface area (Å²) in [5.74, 6) is 0.149. The summed E-state index contributed by atoms with van der Waals surface area (Å²) < 4.78 is 15.2. The Bertz CT molecular complexity index is 1110. The second-order valence-electron chi connectivity index (χ2n) is 7.25. The molecule has 6 nitrogen and oxygen atoms in total. The SMILES string of the molecule is CCc1nc2ccccc2n1CC(=O)N1CCN(C(=O)c2ccc(F)cc2Cl)CC1. The van der Waals surface area contributed by atoms with E-state index in [9.17, 15) is 14.0 Å². The lowest BCUT2D eigenvalue weighted by atomic mass is 10.1. The van der Waals surface area contributed by atoms with Gasteiger partial charge < -0.3 is 14.4 Å². The number of carbonyl (C=O) groups excluding carboxylic acids is 2. The summed E-state index contributed by atoms with van der Waals surface area (Å²) in [4.78, 5) is 33.7. The van der Waals surface area contributed by atoms with Crippen molar-refractivity contribution in [3.05, 3.63) is 64.7 Å². The molecule has 1 aliphatic rings. The van der Waals surface area contributed by atoms with E-state index in [0.29, 0.717) is 26.2 Å². The molecule has 0 spiro atoms. The van der Waals surface area contributed by atoms with Crippen LogP contribution in [0.15, 0.2) is 42.5 Å². The van der Waals surface area contributed by atoms with Crippen molar-refractivity contribution >= 4 is 34.4 Å². The molecule has 1 aromatic heterocycles. The first-order valence-corrected chi connectivity index (χ1v) is 10.3. The third-order valence-electron chi connectivity index (χ3n) is 5.42. The van der Waals surface area contributed by atoms with E-state index in [-0.39, 0.29) is 28.9 Å². The molecule has 0 N–H and O–H groups in total. The number of fused-ring (bicyclic) bond motifs is 1. The quantitative estimate of drug-likeness (QED) is 0.640. The van der Waals surface area contributed by atoms with Crippen molar-refractivity contribution < 1.29 is 14.0 Å². The highest BCUT2D eigenvalue weighted by Crippen LogP contribution is 2.21. The van der Waals surface area contributed by atoms with Crippen molar-refractivity contribution in [3.63, 3.8) is 0 Å². The van der Waals surface area contributed by atoms with Crippen molar-refractivity contribution in [1.29, 1.82) is 0 Å². The van der Waals surface area contributed by atoms with Crippen LogP contribution < -0.4 is 0 Å². The molecule has 0 radical (unpaired) electrons. The van der Waals surface area contributed by atoms with Crippen LogP contribution in [0.1, 0.15) is 23.1 Å². The highest BCUT2D eigenvalue weighted by Gasteiger charge is 2.26. The van der Waals surface area contributed by atoms with Crippen LogP contribution in [-0.2, 0) is 17.8 Å². The number of hydrogen-bond acceptors (Lipinski definition) is 3. The van der Waals surface area contributed by atoms with Crippen molar-refractivity contribution in [3.8, 4) is 0 Å². The van der Waals surface area contributed by atoms with E-state index < -0.39 is 5.82 Å². The lowest BCUT2D eigenvalue weighted by molar-refractivity contribution is -0.133. The summed E-state index contributed by atoms with van der Waals surface area (Å²) in [7, 11) is 0. The average molecular weight is 429 g/mol. The van der Waals surface area contributed by atoms with Crippen LogP contribution >= 0.6 is 11.6 Å². The Morgan fingerprint density at radius 1 is 1.07 bits per heavy atom. The molecule has 0 aliphatic carbocycles. The molecule has 0 unspecified atom stereocenters. The van der Waals surface area contributed by atoms with E-state index in [1.165, 1.54) is 12.1 Å². The lowest BCUT2D eigenvalue weighted by Crippen LogP contribution is -2.51. The minimum Gasteiger partial charge on any atom is -0.338 e. The van der Waals surface area contributed by atoms with Gasteiger partial charge in [0.25, 0.3) is 5.91 Å². The molecule has 30 heavy (non-hydrogen) atoms. The van der Waals surface area contributed by atoms with Gasteiger partial charge >= 0.3 is 0 Å². The predicted molar refractivity (Wildman–Crippen MR) is 113 cm³/mol. The van der Waals surface area contributed by atoms with Gasteiger partial charge in [-0.2, -0.15) is 0 Å². The summed E-state index contributed by atoms with van der Waals surface area (Å²) in [5, 5.41) is 0.0950. The molecule has 3 aromatic rings. The van der Waals surface area contributed by atoms with Gasteiger partial charge in [0.2, 0.25) is 5.91 Å². The van der Waals surface area contributed by atoms with E-state index in [1.807, 2.05) is 35.8 Å². The van der Waals surface area contributed by atoms with Gasteiger partial charge in [0, 0.05) is 32.6 Å². The number of halogens is 2. The van der Waals surface area contributed by atoms with Gasteiger partial charge in [0.1, 0.15) is 18.2 Å². The molecule has 8 heteroatoms. The van der Waals surface area contributed by atoms with E-state index >= 15 is 0 Å². The first-order chi connectivity index (χ1) is 14.5. The molecule has 0 saturated carbocycles. The number of carbonyl (C=O) groups is 2. The van der Waals surface area contributed by atoms with Gasteiger partial charge in [-0.05, 0) is 30.3 Å². The number of imidazole rings is 1. The van der Waals surface area contributed by atoms with E-state index in [1.54, 1.807) is 9.80 Å². The van der Waals surface area contributed by atoms with Gasteiger partial charge in [-0.1, -0.05) is 30.7 Å². The van der Waals surface area contributed by atoms with E-state index in [2.05, 4.69) is 4.98 Å². The second kappa shape index (κ2) is 8.44. The molecule has 1 aliphatic heterocycles. The monoisotopic (exact) mass is 428 g/mol. The van der Waals surface area contributed by atoms with Crippen LogP contribution in [0, 0.1) is 5.82 Å². The summed E-state index contributed by atoms with van der Waals surface area (Å²) in [6.07, 6.45) is 0.739. The number of nitrogens with zero attached hydrogens (tertiary/aromatic N) is 4. The molecule has 0 bridgehead atoms. The van der Waals surface area contributed by atoms with Gasteiger partial charge in [0.05, 0.1) is 21.6 Å². The summed E-state index contributed by atoms with van der Waals surface area (Å²) in [6, 6.07) is 11.5. The van der Waals surface area contributed by atoms with Gasteiger partial charge in [0.15, 0.2) is 0 Å². The average Bonchev–Trinajstić information content (AvgIpc) is 3.11. The Morgan fingerprint density at radius 3 is 2.47 bits per heavy atom. The van der Waals surface area contributed by atoms with Crippen molar-refractivity contribution in [1.82, 2.24) is 19.4 Å². The van der Waals surface area contributed by atoms with Crippen LogP contribution in [0.25, 0.3) is 11.0 Å². The van der Waals surface area contributed by atoms with Crippen LogP contribution in [0.4, 0.5) is 4.39 Å². The van der Waals surface area contributed by atoms with Gasteiger partial charge in [-0.15, -0.1) is 0 Å². The van der Waals surface area contributed by atoms with Crippen molar-refractivity contribution in [2.75, 3.05) is 26.2 Å². The number of hydrogen-bond donors (Lipinski definition) is 0. The molecule has 2 amide bonds. The smallest absolute Gasteiger partial charge is 0.255 e. The number of aromatic nitrogens is 2. The molecule has 1 fully saturated rings. The summed E-state index contributed by atoms with van der Waals surface area (Å²) in [5.41, 5.74) is 2.10. The molecule has 4 rings (SSSR count). The Balaban J connectivity index is 1.42. The first-order valence-electron chi connectivity index (χ1n) is 9.94.